The Morgan fingerprint density at radius 1 is 1.53 bits per heavy atom. The summed E-state index contributed by atoms with van der Waals surface area (Å²) in [6, 6.07) is 0.792. The summed E-state index contributed by atoms with van der Waals surface area (Å²) in [6.45, 7) is 0. The van der Waals surface area contributed by atoms with Gasteiger partial charge in [-0.15, -0.1) is 0 Å². The molecule has 0 bridgehead atoms. The molecule has 0 saturated heterocycles. The molecule has 17 heavy (non-hydrogen) atoms. The predicted octanol–water partition coefficient (Wildman–Crippen LogP) is 3.32. The second-order valence-electron chi connectivity index (χ2n) is 2.79. The zero-order valence-electron chi connectivity index (χ0n) is 8.43. The van der Waals surface area contributed by atoms with Crippen molar-refractivity contribution in [1.29, 1.82) is 0 Å². The van der Waals surface area contributed by atoms with Gasteiger partial charge >= 0.3 is 6.18 Å². The molecular formula is C8H7ClF3N3S2. The fourth-order valence-corrected chi connectivity index (χ4v) is 1.26. The van der Waals surface area contributed by atoms with Gasteiger partial charge in [0.25, 0.3) is 0 Å². The summed E-state index contributed by atoms with van der Waals surface area (Å²) in [5.74, 6) is 0.0797. The number of anilines is 1. The second kappa shape index (κ2) is 5.74. The first-order valence-electron chi connectivity index (χ1n) is 4.17. The fraction of sp³-hybridized carbons (Fsp3) is 0.250. The number of aromatic nitrogens is 1. The van der Waals surface area contributed by atoms with Crippen LogP contribution in [0, 0.1) is 0 Å². The molecule has 0 saturated carbocycles. The first kappa shape index (κ1) is 14.3. The van der Waals surface area contributed by atoms with Gasteiger partial charge in [0.15, 0.2) is 10.1 Å². The van der Waals surface area contributed by atoms with E-state index in [2.05, 4.69) is 15.8 Å². The molecule has 0 aliphatic carbocycles. The SMILES string of the molecule is CSC(=S)NNc1ncc(C(F)(F)F)cc1Cl. The molecule has 1 aromatic heterocycles. The van der Waals surface area contributed by atoms with Crippen molar-refractivity contribution in [2.45, 2.75) is 6.18 Å². The molecule has 0 spiro atoms. The first-order chi connectivity index (χ1) is 7.84. The van der Waals surface area contributed by atoms with Gasteiger partial charge < -0.3 is 0 Å². The molecule has 0 amide bonds. The monoisotopic (exact) mass is 301 g/mol. The van der Waals surface area contributed by atoms with E-state index < -0.39 is 11.7 Å². The van der Waals surface area contributed by atoms with Crippen molar-refractivity contribution in [1.82, 2.24) is 10.4 Å². The maximum atomic E-state index is 12.3. The Hall–Kier alpha value is -0.730. The number of thiocarbonyl (C=S) groups is 1. The van der Waals surface area contributed by atoms with Crippen molar-refractivity contribution in [3.8, 4) is 0 Å². The van der Waals surface area contributed by atoms with E-state index in [9.17, 15) is 13.2 Å². The number of thioether (sulfide) groups is 1. The van der Waals surface area contributed by atoms with Gasteiger partial charge in [-0.05, 0) is 12.3 Å². The van der Waals surface area contributed by atoms with E-state index in [-0.39, 0.29) is 10.8 Å². The Labute approximate surface area is 110 Å². The third-order valence-corrected chi connectivity index (χ3v) is 3.00. The van der Waals surface area contributed by atoms with Crippen molar-refractivity contribution in [2.75, 3.05) is 11.7 Å². The maximum Gasteiger partial charge on any atom is 0.417 e. The van der Waals surface area contributed by atoms with Gasteiger partial charge in [-0.1, -0.05) is 35.6 Å². The van der Waals surface area contributed by atoms with Crippen LogP contribution in [0.1, 0.15) is 5.56 Å². The number of hydrogen-bond acceptors (Lipinski definition) is 4. The van der Waals surface area contributed by atoms with E-state index in [1.807, 2.05) is 0 Å². The van der Waals surface area contributed by atoms with Crippen LogP contribution in [0.4, 0.5) is 19.0 Å². The Kier molecular flexibility index (Phi) is 4.84. The van der Waals surface area contributed by atoms with Crippen LogP contribution in [-0.4, -0.2) is 15.6 Å². The molecule has 1 heterocycles. The number of hydrogen-bond donors (Lipinski definition) is 2. The van der Waals surface area contributed by atoms with Gasteiger partial charge in [-0.2, -0.15) is 13.2 Å². The van der Waals surface area contributed by atoms with E-state index in [1.54, 1.807) is 6.26 Å². The Bertz CT molecular complexity index is 425. The predicted molar refractivity (Wildman–Crippen MR) is 67.1 cm³/mol. The maximum absolute atomic E-state index is 12.3. The van der Waals surface area contributed by atoms with Gasteiger partial charge in [0.1, 0.15) is 0 Å². The number of alkyl halides is 3. The standard InChI is InChI=1S/C8H7ClF3N3S2/c1-17-7(16)15-14-6-5(9)2-4(3-13-6)8(10,11)12/h2-3H,1H3,(H,13,14)(H,15,16). The number of hydrazine groups is 1. The van der Waals surface area contributed by atoms with Crippen LogP contribution < -0.4 is 10.9 Å². The summed E-state index contributed by atoms with van der Waals surface area (Å²) >= 11 is 11.7. The minimum absolute atomic E-state index is 0.0797. The number of nitrogens with zero attached hydrogens (tertiary/aromatic N) is 1. The van der Waals surface area contributed by atoms with Gasteiger partial charge in [-0.25, -0.2) is 4.98 Å². The second-order valence-corrected chi connectivity index (χ2v) is 4.68. The molecule has 2 N–H and O–H groups in total. The van der Waals surface area contributed by atoms with Gasteiger partial charge in [0.2, 0.25) is 0 Å². The van der Waals surface area contributed by atoms with Crippen LogP contribution in [0.2, 0.25) is 5.02 Å². The highest BCUT2D eigenvalue weighted by atomic mass is 35.5. The molecule has 9 heteroatoms. The van der Waals surface area contributed by atoms with E-state index in [0.717, 1.165) is 6.07 Å². The number of nitrogens with one attached hydrogen (secondary N) is 2. The molecule has 0 unspecified atom stereocenters. The molecule has 1 rings (SSSR count). The summed E-state index contributed by atoms with van der Waals surface area (Å²) in [6.07, 6.45) is -2.02. The minimum Gasteiger partial charge on any atom is -0.284 e. The summed E-state index contributed by atoms with van der Waals surface area (Å²) < 4.78 is 37.3. The quantitative estimate of drug-likeness (QED) is 0.647. The number of rotatable bonds is 2. The molecule has 0 radical (unpaired) electrons. The van der Waals surface area contributed by atoms with Crippen LogP contribution in [0.5, 0.6) is 0 Å². The van der Waals surface area contributed by atoms with Crippen molar-refractivity contribution in [2.24, 2.45) is 0 Å². The summed E-state index contributed by atoms with van der Waals surface area (Å²) in [5.41, 5.74) is 4.18. The Balaban J connectivity index is 2.80. The molecule has 0 aromatic carbocycles. The third-order valence-electron chi connectivity index (χ3n) is 1.64. The molecule has 1 aromatic rings. The van der Waals surface area contributed by atoms with Crippen LogP contribution >= 0.6 is 35.6 Å². The van der Waals surface area contributed by atoms with Crippen LogP contribution in [0.3, 0.4) is 0 Å². The van der Waals surface area contributed by atoms with E-state index in [0.29, 0.717) is 10.5 Å². The first-order valence-corrected chi connectivity index (χ1v) is 6.18. The Morgan fingerprint density at radius 2 is 2.18 bits per heavy atom. The third kappa shape index (κ3) is 4.21. The highest BCUT2D eigenvalue weighted by Gasteiger charge is 2.31. The normalized spacial score (nSPS) is 11.1. The fourth-order valence-electron chi connectivity index (χ4n) is 0.846. The summed E-state index contributed by atoms with van der Waals surface area (Å²) in [5, 5.41) is -0.142. The van der Waals surface area contributed by atoms with Gasteiger partial charge in [0, 0.05) is 6.20 Å². The zero-order valence-corrected chi connectivity index (χ0v) is 10.8. The van der Waals surface area contributed by atoms with Crippen LogP contribution in [0.15, 0.2) is 12.3 Å². The topological polar surface area (TPSA) is 37.0 Å². The van der Waals surface area contributed by atoms with Crippen molar-refractivity contribution in [3.05, 3.63) is 22.8 Å². The largest absolute Gasteiger partial charge is 0.417 e. The lowest BCUT2D eigenvalue weighted by Crippen LogP contribution is -2.26. The molecule has 0 fully saturated rings. The molecule has 94 valence electrons. The van der Waals surface area contributed by atoms with Gasteiger partial charge in [0.05, 0.1) is 10.6 Å². The van der Waals surface area contributed by atoms with Crippen molar-refractivity contribution in [3.63, 3.8) is 0 Å². The Morgan fingerprint density at radius 3 is 2.65 bits per heavy atom. The summed E-state index contributed by atoms with van der Waals surface area (Å²) in [7, 11) is 0. The minimum atomic E-state index is -4.46. The highest BCUT2D eigenvalue weighted by Crippen LogP contribution is 2.32. The van der Waals surface area contributed by atoms with Crippen molar-refractivity contribution >= 4 is 45.7 Å². The van der Waals surface area contributed by atoms with E-state index >= 15 is 0 Å². The molecule has 0 atom stereocenters. The van der Waals surface area contributed by atoms with E-state index in [1.165, 1.54) is 11.8 Å². The lowest BCUT2D eigenvalue weighted by molar-refractivity contribution is -0.137. The average molecular weight is 302 g/mol. The number of halogens is 4. The zero-order chi connectivity index (χ0) is 13.1. The van der Waals surface area contributed by atoms with Crippen LogP contribution in [-0.2, 0) is 6.18 Å². The highest BCUT2D eigenvalue weighted by molar-refractivity contribution is 8.22. The average Bonchev–Trinajstić information content (AvgIpc) is 2.25. The molecule has 0 aliphatic rings. The van der Waals surface area contributed by atoms with Crippen LogP contribution in [0.25, 0.3) is 0 Å². The van der Waals surface area contributed by atoms with Crippen molar-refractivity contribution < 1.29 is 13.2 Å². The van der Waals surface area contributed by atoms with E-state index in [4.69, 9.17) is 23.8 Å². The number of pyridine rings is 1. The molecule has 3 nitrogen and oxygen atoms in total. The molecular weight excluding hydrogens is 295 g/mol. The lowest BCUT2D eigenvalue weighted by atomic mass is 10.3. The molecule has 0 aliphatic heterocycles. The lowest BCUT2D eigenvalue weighted by Gasteiger charge is -2.11. The smallest absolute Gasteiger partial charge is 0.284 e. The van der Waals surface area contributed by atoms with Gasteiger partial charge in [-0.3, -0.25) is 10.9 Å². The summed E-state index contributed by atoms with van der Waals surface area (Å²) in [4.78, 5) is 3.56.